The van der Waals surface area contributed by atoms with Crippen LogP contribution < -0.4 is 0 Å². The molecule has 2 aromatic carbocycles. The van der Waals surface area contributed by atoms with E-state index < -0.39 is 0 Å². The SMILES string of the molecule is CC(C)N(Cc1cnc2ccccc2c1)Cc1c[nH]c2ccccc12. The lowest BCUT2D eigenvalue weighted by Gasteiger charge is -2.26. The number of aromatic amines is 1. The number of nitrogens with zero attached hydrogens (tertiary/aromatic N) is 2. The molecule has 0 saturated heterocycles. The molecule has 4 aromatic rings. The number of rotatable bonds is 5. The summed E-state index contributed by atoms with van der Waals surface area (Å²) in [7, 11) is 0. The van der Waals surface area contributed by atoms with Gasteiger partial charge in [-0.25, -0.2) is 0 Å². The fourth-order valence-corrected chi connectivity index (χ4v) is 3.34. The third-order valence-electron chi connectivity index (χ3n) is 4.81. The monoisotopic (exact) mass is 329 g/mol. The van der Waals surface area contributed by atoms with Crippen LogP contribution in [0, 0.1) is 0 Å². The molecular formula is C22H23N3. The van der Waals surface area contributed by atoms with Gasteiger partial charge in [-0.2, -0.15) is 0 Å². The molecule has 1 N–H and O–H groups in total. The zero-order valence-corrected chi connectivity index (χ0v) is 14.7. The lowest BCUT2D eigenvalue weighted by Crippen LogP contribution is -2.29. The van der Waals surface area contributed by atoms with E-state index in [1.165, 1.54) is 27.4 Å². The van der Waals surface area contributed by atoms with E-state index in [0.29, 0.717) is 6.04 Å². The average molecular weight is 329 g/mol. The van der Waals surface area contributed by atoms with Gasteiger partial charge in [-0.1, -0.05) is 36.4 Å². The minimum atomic E-state index is 0.458. The van der Waals surface area contributed by atoms with Crippen LogP contribution in [0.5, 0.6) is 0 Å². The molecule has 4 rings (SSSR count). The van der Waals surface area contributed by atoms with Crippen molar-refractivity contribution in [1.82, 2.24) is 14.9 Å². The van der Waals surface area contributed by atoms with Crippen LogP contribution in [-0.2, 0) is 13.1 Å². The topological polar surface area (TPSA) is 31.9 Å². The minimum absolute atomic E-state index is 0.458. The van der Waals surface area contributed by atoms with Crippen LogP contribution >= 0.6 is 0 Å². The van der Waals surface area contributed by atoms with E-state index in [2.05, 4.69) is 83.4 Å². The molecule has 0 unspecified atom stereocenters. The Morgan fingerprint density at radius 1 is 1.00 bits per heavy atom. The third kappa shape index (κ3) is 3.28. The summed E-state index contributed by atoms with van der Waals surface area (Å²) in [5.41, 5.74) is 4.86. The van der Waals surface area contributed by atoms with Crippen LogP contribution in [0.25, 0.3) is 21.8 Å². The fraction of sp³-hybridized carbons (Fsp3) is 0.227. The molecule has 0 fully saturated rings. The third-order valence-corrected chi connectivity index (χ3v) is 4.81. The maximum absolute atomic E-state index is 4.61. The van der Waals surface area contributed by atoms with Crippen LogP contribution in [0.2, 0.25) is 0 Å². The second-order valence-corrected chi connectivity index (χ2v) is 6.89. The van der Waals surface area contributed by atoms with Gasteiger partial charge in [0.1, 0.15) is 0 Å². The first-order chi connectivity index (χ1) is 12.2. The number of fused-ring (bicyclic) bond motifs is 2. The molecule has 0 aliphatic carbocycles. The van der Waals surface area contributed by atoms with Crippen LogP contribution in [-0.4, -0.2) is 20.9 Å². The summed E-state index contributed by atoms with van der Waals surface area (Å²) in [6, 6.07) is 19.5. The molecule has 0 radical (unpaired) electrons. The zero-order valence-electron chi connectivity index (χ0n) is 14.7. The van der Waals surface area contributed by atoms with Crippen molar-refractivity contribution in [1.29, 1.82) is 0 Å². The quantitative estimate of drug-likeness (QED) is 0.550. The molecule has 25 heavy (non-hydrogen) atoms. The Hall–Kier alpha value is -2.65. The van der Waals surface area contributed by atoms with Gasteiger partial charge in [0, 0.05) is 47.8 Å². The maximum atomic E-state index is 4.61. The van der Waals surface area contributed by atoms with Crippen molar-refractivity contribution < 1.29 is 0 Å². The Morgan fingerprint density at radius 3 is 2.68 bits per heavy atom. The lowest BCUT2D eigenvalue weighted by molar-refractivity contribution is 0.204. The molecule has 2 aromatic heterocycles. The zero-order chi connectivity index (χ0) is 17.2. The Balaban J connectivity index is 1.60. The smallest absolute Gasteiger partial charge is 0.0702 e. The normalized spacial score (nSPS) is 11.8. The van der Waals surface area contributed by atoms with Crippen molar-refractivity contribution in [2.24, 2.45) is 0 Å². The molecule has 0 aliphatic heterocycles. The number of aromatic nitrogens is 2. The predicted octanol–water partition coefficient (Wildman–Crippen LogP) is 5.13. The summed E-state index contributed by atoms with van der Waals surface area (Å²) >= 11 is 0. The first kappa shape index (κ1) is 15.9. The van der Waals surface area contributed by atoms with E-state index in [1.807, 2.05) is 12.3 Å². The van der Waals surface area contributed by atoms with Crippen LogP contribution in [0.4, 0.5) is 0 Å². The summed E-state index contributed by atoms with van der Waals surface area (Å²) in [5, 5.41) is 2.51. The number of para-hydroxylation sites is 2. The highest BCUT2D eigenvalue weighted by atomic mass is 15.1. The molecule has 0 atom stereocenters. The van der Waals surface area contributed by atoms with Gasteiger partial charge in [0.15, 0.2) is 0 Å². The number of hydrogen-bond donors (Lipinski definition) is 1. The Labute approximate surface area is 148 Å². The summed E-state index contributed by atoms with van der Waals surface area (Å²) < 4.78 is 0. The van der Waals surface area contributed by atoms with Crippen molar-refractivity contribution >= 4 is 21.8 Å². The Bertz CT molecular complexity index is 1000. The molecule has 3 heteroatoms. The minimum Gasteiger partial charge on any atom is -0.361 e. The van der Waals surface area contributed by atoms with Crippen LogP contribution in [0.15, 0.2) is 67.0 Å². The van der Waals surface area contributed by atoms with Crippen LogP contribution in [0.1, 0.15) is 25.0 Å². The summed E-state index contributed by atoms with van der Waals surface area (Å²) in [4.78, 5) is 10.5. The van der Waals surface area contributed by atoms with Gasteiger partial charge in [-0.05, 0) is 43.2 Å². The second kappa shape index (κ2) is 6.69. The lowest BCUT2D eigenvalue weighted by atomic mass is 10.1. The molecule has 0 spiro atoms. The Kier molecular flexibility index (Phi) is 4.24. The first-order valence-electron chi connectivity index (χ1n) is 8.83. The molecule has 126 valence electrons. The van der Waals surface area contributed by atoms with Crippen molar-refractivity contribution in [2.75, 3.05) is 0 Å². The van der Waals surface area contributed by atoms with E-state index in [1.54, 1.807) is 0 Å². The fourth-order valence-electron chi connectivity index (χ4n) is 3.34. The van der Waals surface area contributed by atoms with Gasteiger partial charge in [-0.15, -0.1) is 0 Å². The second-order valence-electron chi connectivity index (χ2n) is 6.89. The highest BCUT2D eigenvalue weighted by Crippen LogP contribution is 2.22. The van der Waals surface area contributed by atoms with Gasteiger partial charge in [0.2, 0.25) is 0 Å². The van der Waals surface area contributed by atoms with Crippen LogP contribution in [0.3, 0.4) is 0 Å². The summed E-state index contributed by atoms with van der Waals surface area (Å²) in [6.07, 6.45) is 4.14. The number of pyridine rings is 1. The largest absolute Gasteiger partial charge is 0.361 e. The number of hydrogen-bond acceptors (Lipinski definition) is 2. The van der Waals surface area contributed by atoms with Gasteiger partial charge in [0.05, 0.1) is 5.52 Å². The molecule has 3 nitrogen and oxygen atoms in total. The molecule has 0 bridgehead atoms. The summed E-state index contributed by atoms with van der Waals surface area (Å²) in [6.45, 7) is 6.33. The van der Waals surface area contributed by atoms with E-state index in [9.17, 15) is 0 Å². The van der Waals surface area contributed by atoms with E-state index in [4.69, 9.17) is 0 Å². The average Bonchev–Trinajstić information content (AvgIpc) is 3.04. The number of nitrogens with one attached hydrogen (secondary N) is 1. The number of H-pyrrole nitrogens is 1. The predicted molar refractivity (Wildman–Crippen MR) is 104 cm³/mol. The molecule has 2 heterocycles. The van der Waals surface area contributed by atoms with Crippen molar-refractivity contribution in [2.45, 2.75) is 33.0 Å². The number of benzene rings is 2. The maximum Gasteiger partial charge on any atom is 0.0702 e. The van der Waals surface area contributed by atoms with Gasteiger partial charge in [0.25, 0.3) is 0 Å². The highest BCUT2D eigenvalue weighted by molar-refractivity contribution is 5.83. The van der Waals surface area contributed by atoms with E-state index in [-0.39, 0.29) is 0 Å². The standard InChI is InChI=1S/C22H23N3/c1-16(2)25(15-19-13-24-22-10-6-4-8-20(19)22)14-17-11-18-7-3-5-9-21(18)23-12-17/h3-13,16,24H,14-15H2,1-2H3. The van der Waals surface area contributed by atoms with Crippen molar-refractivity contribution in [3.8, 4) is 0 Å². The summed E-state index contributed by atoms with van der Waals surface area (Å²) in [5.74, 6) is 0. The first-order valence-corrected chi connectivity index (χ1v) is 8.83. The van der Waals surface area contributed by atoms with Crippen molar-refractivity contribution in [3.05, 3.63) is 78.1 Å². The van der Waals surface area contributed by atoms with E-state index >= 15 is 0 Å². The van der Waals surface area contributed by atoms with Gasteiger partial charge in [-0.3, -0.25) is 9.88 Å². The molecule has 0 saturated carbocycles. The molecular weight excluding hydrogens is 306 g/mol. The Morgan fingerprint density at radius 2 is 1.80 bits per heavy atom. The highest BCUT2D eigenvalue weighted by Gasteiger charge is 2.14. The molecule has 0 aliphatic rings. The van der Waals surface area contributed by atoms with Gasteiger partial charge >= 0.3 is 0 Å². The van der Waals surface area contributed by atoms with Gasteiger partial charge < -0.3 is 4.98 Å². The van der Waals surface area contributed by atoms with E-state index in [0.717, 1.165) is 18.6 Å². The molecule has 0 amide bonds. The van der Waals surface area contributed by atoms with Crippen molar-refractivity contribution in [3.63, 3.8) is 0 Å².